The number of para-hydroxylation sites is 1. The van der Waals surface area contributed by atoms with Crippen molar-refractivity contribution < 1.29 is 14.4 Å². The van der Waals surface area contributed by atoms with Crippen molar-refractivity contribution in [2.45, 2.75) is 18.3 Å². The molecule has 3 aliphatic heterocycles. The molecule has 0 aromatic heterocycles. The molecule has 0 aliphatic carbocycles. The summed E-state index contributed by atoms with van der Waals surface area (Å²) >= 11 is 0. The predicted molar refractivity (Wildman–Crippen MR) is 79.0 cm³/mol. The van der Waals surface area contributed by atoms with Crippen molar-refractivity contribution in [2.75, 3.05) is 18.4 Å². The Bertz CT molecular complexity index is 659. The summed E-state index contributed by atoms with van der Waals surface area (Å²) in [6, 6.07) is 7.39. The molecule has 3 N–H and O–H groups in total. The van der Waals surface area contributed by atoms with Crippen LogP contribution < -0.4 is 16.0 Å². The van der Waals surface area contributed by atoms with Crippen molar-refractivity contribution in [1.82, 2.24) is 10.6 Å². The Morgan fingerprint density at radius 3 is 2.05 bits per heavy atom. The van der Waals surface area contributed by atoms with Crippen LogP contribution in [0.15, 0.2) is 24.3 Å². The highest BCUT2D eigenvalue weighted by atomic mass is 16.2. The van der Waals surface area contributed by atoms with Gasteiger partial charge in [-0.05, 0) is 24.5 Å². The quantitative estimate of drug-likeness (QED) is 0.726. The smallest absolute Gasteiger partial charge is 0.236 e. The average molecular weight is 299 g/mol. The maximum Gasteiger partial charge on any atom is 0.236 e. The summed E-state index contributed by atoms with van der Waals surface area (Å²) in [6.07, 6.45) is 1.15. The third-order valence-electron chi connectivity index (χ3n) is 5.19. The van der Waals surface area contributed by atoms with Crippen molar-refractivity contribution in [3.63, 3.8) is 0 Å². The molecule has 2 atom stereocenters. The summed E-state index contributed by atoms with van der Waals surface area (Å²) < 4.78 is 0. The summed E-state index contributed by atoms with van der Waals surface area (Å²) in [6.45, 7) is 1.10. The lowest BCUT2D eigenvalue weighted by atomic mass is 9.61. The number of rotatable bonds is 2. The average Bonchev–Trinajstić information content (AvgIpc) is 3.18. The fourth-order valence-corrected chi connectivity index (χ4v) is 4.29. The maximum atomic E-state index is 12.9. The molecule has 114 valence electrons. The molecule has 0 spiro atoms. The van der Waals surface area contributed by atoms with E-state index in [2.05, 4.69) is 16.0 Å². The van der Waals surface area contributed by atoms with Gasteiger partial charge in [-0.2, -0.15) is 0 Å². The molecule has 6 nitrogen and oxygen atoms in total. The third kappa shape index (κ3) is 1.52. The number of nitrogens with one attached hydrogen (secondary N) is 3. The monoisotopic (exact) mass is 299 g/mol. The Kier molecular flexibility index (Phi) is 2.76. The number of anilines is 1. The largest absolute Gasteiger partial charge is 0.356 e. The fourth-order valence-electron chi connectivity index (χ4n) is 4.29. The number of fused-ring (bicyclic) bond motifs is 1. The van der Waals surface area contributed by atoms with Crippen LogP contribution in [0.4, 0.5) is 5.69 Å². The second-order valence-electron chi connectivity index (χ2n) is 6.13. The lowest BCUT2D eigenvalue weighted by Crippen LogP contribution is -2.52. The van der Waals surface area contributed by atoms with E-state index in [1.165, 1.54) is 0 Å². The van der Waals surface area contributed by atoms with Gasteiger partial charge in [-0.3, -0.25) is 14.4 Å². The molecule has 1 aromatic carbocycles. The summed E-state index contributed by atoms with van der Waals surface area (Å²) in [5.41, 5.74) is 0.411. The molecular formula is C16H17N3O3. The highest BCUT2D eigenvalue weighted by Crippen LogP contribution is 2.51. The van der Waals surface area contributed by atoms with Crippen molar-refractivity contribution in [1.29, 1.82) is 0 Å². The molecule has 22 heavy (non-hydrogen) atoms. The molecule has 3 aliphatic rings. The van der Waals surface area contributed by atoms with E-state index < -0.39 is 17.3 Å². The van der Waals surface area contributed by atoms with E-state index in [0.29, 0.717) is 31.6 Å². The number of hydrogen-bond donors (Lipinski definition) is 3. The summed E-state index contributed by atoms with van der Waals surface area (Å²) in [5.74, 6) is -1.48. The topological polar surface area (TPSA) is 87.3 Å². The first-order chi connectivity index (χ1) is 10.7. The van der Waals surface area contributed by atoms with Crippen LogP contribution >= 0.6 is 0 Å². The van der Waals surface area contributed by atoms with Gasteiger partial charge in [-0.25, -0.2) is 0 Å². The van der Waals surface area contributed by atoms with Crippen LogP contribution in [0.25, 0.3) is 0 Å². The molecule has 2 unspecified atom stereocenters. The molecule has 2 saturated heterocycles. The molecule has 4 rings (SSSR count). The SMILES string of the molecule is O=C1NCCC1C1(C2CCNC2=O)C(=O)Nc2ccccc21. The van der Waals surface area contributed by atoms with Gasteiger partial charge in [0.2, 0.25) is 17.7 Å². The van der Waals surface area contributed by atoms with Gasteiger partial charge in [-0.15, -0.1) is 0 Å². The van der Waals surface area contributed by atoms with Gasteiger partial charge in [0.05, 0.1) is 17.3 Å². The minimum absolute atomic E-state index is 0.133. The normalized spacial score (nSPS) is 33.4. The van der Waals surface area contributed by atoms with Crippen LogP contribution in [-0.2, 0) is 19.8 Å². The Morgan fingerprint density at radius 1 is 0.909 bits per heavy atom. The molecule has 0 bridgehead atoms. The Balaban J connectivity index is 1.95. The van der Waals surface area contributed by atoms with Crippen molar-refractivity contribution in [2.24, 2.45) is 11.8 Å². The van der Waals surface area contributed by atoms with Crippen LogP contribution in [0.1, 0.15) is 18.4 Å². The molecule has 0 radical (unpaired) electrons. The highest BCUT2D eigenvalue weighted by molar-refractivity contribution is 6.12. The zero-order valence-electron chi connectivity index (χ0n) is 12.0. The highest BCUT2D eigenvalue weighted by Gasteiger charge is 2.62. The molecule has 1 aromatic rings. The van der Waals surface area contributed by atoms with E-state index in [-0.39, 0.29) is 17.7 Å². The van der Waals surface area contributed by atoms with E-state index in [9.17, 15) is 14.4 Å². The van der Waals surface area contributed by atoms with Gasteiger partial charge in [0.1, 0.15) is 0 Å². The Hall–Kier alpha value is -2.37. The summed E-state index contributed by atoms with van der Waals surface area (Å²) in [7, 11) is 0. The van der Waals surface area contributed by atoms with Crippen LogP contribution in [0, 0.1) is 11.8 Å². The Labute approximate surface area is 127 Å². The van der Waals surface area contributed by atoms with Crippen LogP contribution in [0.2, 0.25) is 0 Å². The molecule has 2 fully saturated rings. The second kappa shape index (κ2) is 4.56. The minimum atomic E-state index is -1.09. The molecule has 3 heterocycles. The third-order valence-corrected chi connectivity index (χ3v) is 5.19. The van der Waals surface area contributed by atoms with E-state index in [4.69, 9.17) is 0 Å². The number of carbonyl (C=O) groups is 3. The van der Waals surface area contributed by atoms with Crippen LogP contribution in [-0.4, -0.2) is 30.8 Å². The van der Waals surface area contributed by atoms with E-state index in [1.807, 2.05) is 24.3 Å². The molecule has 0 saturated carbocycles. The lowest BCUT2D eigenvalue weighted by molar-refractivity contribution is -0.138. The molecular weight excluding hydrogens is 282 g/mol. The van der Waals surface area contributed by atoms with Gasteiger partial charge in [0.15, 0.2) is 0 Å². The molecule has 3 amide bonds. The van der Waals surface area contributed by atoms with Gasteiger partial charge >= 0.3 is 0 Å². The van der Waals surface area contributed by atoms with E-state index in [1.54, 1.807) is 0 Å². The van der Waals surface area contributed by atoms with Crippen molar-refractivity contribution in [3.8, 4) is 0 Å². The number of benzene rings is 1. The Morgan fingerprint density at radius 2 is 1.50 bits per heavy atom. The first-order valence-electron chi connectivity index (χ1n) is 7.62. The van der Waals surface area contributed by atoms with Gasteiger partial charge < -0.3 is 16.0 Å². The predicted octanol–water partition coefficient (Wildman–Crippen LogP) is 0.149. The standard InChI is InChI=1S/C16H17N3O3/c20-13-10(5-7-17-13)16(11-6-8-18-14(11)21)9-3-1-2-4-12(9)19-15(16)22/h1-4,10-11H,5-8H2,(H,17,20)(H,18,21)(H,19,22). The first-order valence-corrected chi connectivity index (χ1v) is 7.62. The fraction of sp³-hybridized carbons (Fsp3) is 0.438. The summed E-state index contributed by atoms with van der Waals surface area (Å²) in [4.78, 5) is 37.7. The van der Waals surface area contributed by atoms with Gasteiger partial charge in [0, 0.05) is 18.8 Å². The van der Waals surface area contributed by atoms with Crippen molar-refractivity contribution >= 4 is 23.4 Å². The van der Waals surface area contributed by atoms with Gasteiger partial charge in [-0.1, -0.05) is 18.2 Å². The second-order valence-corrected chi connectivity index (χ2v) is 6.13. The zero-order valence-corrected chi connectivity index (χ0v) is 12.0. The maximum absolute atomic E-state index is 12.9. The van der Waals surface area contributed by atoms with E-state index >= 15 is 0 Å². The zero-order chi connectivity index (χ0) is 15.3. The number of carbonyl (C=O) groups excluding carboxylic acids is 3. The van der Waals surface area contributed by atoms with Crippen molar-refractivity contribution in [3.05, 3.63) is 29.8 Å². The van der Waals surface area contributed by atoms with Gasteiger partial charge in [0.25, 0.3) is 0 Å². The van der Waals surface area contributed by atoms with Crippen LogP contribution in [0.5, 0.6) is 0 Å². The minimum Gasteiger partial charge on any atom is -0.356 e. The number of hydrogen-bond acceptors (Lipinski definition) is 3. The molecule has 6 heteroatoms. The van der Waals surface area contributed by atoms with E-state index in [0.717, 1.165) is 5.56 Å². The number of amides is 3. The lowest BCUT2D eigenvalue weighted by Gasteiger charge is -2.36. The summed E-state index contributed by atoms with van der Waals surface area (Å²) in [5, 5.41) is 8.50. The van der Waals surface area contributed by atoms with Crippen LogP contribution in [0.3, 0.4) is 0 Å². The first kappa shape index (κ1) is 13.3.